The zero-order valence-electron chi connectivity index (χ0n) is 11.5. The first-order valence-electron chi connectivity index (χ1n) is 6.40. The van der Waals surface area contributed by atoms with Gasteiger partial charge in [0.1, 0.15) is 6.10 Å². The van der Waals surface area contributed by atoms with Gasteiger partial charge in [0, 0.05) is 18.5 Å². The van der Waals surface area contributed by atoms with Crippen LogP contribution in [0, 0.1) is 0 Å². The van der Waals surface area contributed by atoms with E-state index >= 15 is 0 Å². The molecule has 1 aromatic heterocycles. The Morgan fingerprint density at radius 3 is 2.62 bits per heavy atom. The molecule has 0 fully saturated rings. The molecular weight excluding hydrogens is 310 g/mol. The maximum absolute atomic E-state index is 12.1. The fraction of sp³-hybridized carbons (Fsp3) is 0.267. The van der Waals surface area contributed by atoms with Crippen LogP contribution in [0.3, 0.4) is 0 Å². The van der Waals surface area contributed by atoms with Crippen molar-refractivity contribution in [1.29, 1.82) is 0 Å². The molecular formula is C15H16ClNO3S. The van der Waals surface area contributed by atoms with E-state index in [0.29, 0.717) is 9.21 Å². The average molecular weight is 326 g/mol. The van der Waals surface area contributed by atoms with E-state index in [4.69, 9.17) is 16.3 Å². The van der Waals surface area contributed by atoms with Crippen LogP contribution in [-0.2, 0) is 9.53 Å². The molecule has 0 unspecified atom stereocenters. The molecule has 0 saturated carbocycles. The number of methoxy groups -OCH3 is 1. The van der Waals surface area contributed by atoms with E-state index < -0.39 is 12.2 Å². The number of rotatable bonds is 6. The molecule has 4 nitrogen and oxygen atoms in total. The van der Waals surface area contributed by atoms with Crippen LogP contribution in [0.15, 0.2) is 42.5 Å². The molecule has 2 atom stereocenters. The van der Waals surface area contributed by atoms with Crippen LogP contribution in [0.5, 0.6) is 0 Å². The Balaban J connectivity index is 1.94. The quantitative estimate of drug-likeness (QED) is 0.858. The second kappa shape index (κ2) is 7.56. The number of thiophene rings is 1. The number of carbonyl (C=O) groups is 1. The van der Waals surface area contributed by atoms with Gasteiger partial charge in [-0.15, -0.1) is 11.3 Å². The Morgan fingerprint density at radius 1 is 1.33 bits per heavy atom. The number of hydrogen-bond donors (Lipinski definition) is 2. The third-order valence-electron chi connectivity index (χ3n) is 2.97. The summed E-state index contributed by atoms with van der Waals surface area (Å²) in [6, 6.07) is 12.7. The van der Waals surface area contributed by atoms with Crippen LogP contribution in [0.25, 0.3) is 0 Å². The Hall–Kier alpha value is -1.40. The van der Waals surface area contributed by atoms with Crippen LogP contribution in [0.2, 0.25) is 4.34 Å². The lowest BCUT2D eigenvalue weighted by Gasteiger charge is -2.17. The highest BCUT2D eigenvalue weighted by atomic mass is 35.5. The standard InChI is InChI=1S/C15H16ClNO3S/c1-20-14(10-5-3-2-4-6-10)15(19)17-9-11(18)12-7-8-13(16)21-12/h2-8,11,14,18H,9H2,1H3,(H,17,19)/t11-,14-/m1/s1. The summed E-state index contributed by atoms with van der Waals surface area (Å²) in [5.41, 5.74) is 0.770. The number of amides is 1. The number of nitrogens with one attached hydrogen (secondary N) is 1. The third kappa shape index (κ3) is 4.28. The van der Waals surface area contributed by atoms with Gasteiger partial charge in [0.05, 0.1) is 4.34 Å². The van der Waals surface area contributed by atoms with E-state index in [-0.39, 0.29) is 12.5 Å². The lowest BCUT2D eigenvalue weighted by molar-refractivity contribution is -0.131. The molecule has 2 rings (SSSR count). The van der Waals surface area contributed by atoms with Gasteiger partial charge in [-0.05, 0) is 17.7 Å². The minimum absolute atomic E-state index is 0.113. The molecule has 0 aliphatic heterocycles. The van der Waals surface area contributed by atoms with Crippen molar-refractivity contribution in [3.05, 3.63) is 57.2 Å². The van der Waals surface area contributed by atoms with E-state index in [0.717, 1.165) is 5.56 Å². The summed E-state index contributed by atoms with van der Waals surface area (Å²) < 4.78 is 5.83. The smallest absolute Gasteiger partial charge is 0.253 e. The van der Waals surface area contributed by atoms with E-state index in [1.54, 1.807) is 12.1 Å². The van der Waals surface area contributed by atoms with Gasteiger partial charge in [-0.3, -0.25) is 4.79 Å². The SMILES string of the molecule is CO[C@@H](C(=O)NC[C@@H](O)c1ccc(Cl)s1)c1ccccc1. The number of carbonyl (C=O) groups excluding carboxylic acids is 1. The molecule has 0 aliphatic carbocycles. The normalized spacial score (nSPS) is 13.7. The summed E-state index contributed by atoms with van der Waals surface area (Å²) in [4.78, 5) is 12.9. The number of aliphatic hydroxyl groups is 1. The van der Waals surface area contributed by atoms with Gasteiger partial charge >= 0.3 is 0 Å². The fourth-order valence-electron chi connectivity index (χ4n) is 1.92. The monoisotopic (exact) mass is 325 g/mol. The van der Waals surface area contributed by atoms with E-state index in [9.17, 15) is 9.90 Å². The maximum atomic E-state index is 12.1. The first kappa shape index (κ1) is 16.0. The minimum atomic E-state index is -0.778. The van der Waals surface area contributed by atoms with Gasteiger partial charge in [0.15, 0.2) is 6.10 Å². The van der Waals surface area contributed by atoms with Gasteiger partial charge in [0.25, 0.3) is 5.91 Å². The van der Waals surface area contributed by atoms with Gasteiger partial charge in [0.2, 0.25) is 0 Å². The Bertz CT molecular complexity index is 588. The minimum Gasteiger partial charge on any atom is -0.386 e. The summed E-state index contributed by atoms with van der Waals surface area (Å²) in [7, 11) is 1.48. The second-order valence-corrected chi connectivity index (χ2v) is 6.18. The highest BCUT2D eigenvalue weighted by Gasteiger charge is 2.21. The van der Waals surface area contributed by atoms with Crippen molar-refractivity contribution in [2.24, 2.45) is 0 Å². The van der Waals surface area contributed by atoms with Gasteiger partial charge in [-0.2, -0.15) is 0 Å². The second-order valence-electron chi connectivity index (χ2n) is 4.43. The molecule has 1 heterocycles. The summed E-state index contributed by atoms with van der Waals surface area (Å²) >= 11 is 7.11. The molecule has 6 heteroatoms. The summed E-state index contributed by atoms with van der Waals surface area (Å²) in [6.07, 6.45) is -1.47. The molecule has 0 saturated heterocycles. The first-order chi connectivity index (χ1) is 10.1. The number of ether oxygens (including phenoxy) is 1. The van der Waals surface area contributed by atoms with Crippen molar-refractivity contribution in [3.63, 3.8) is 0 Å². The highest BCUT2D eigenvalue weighted by Crippen LogP contribution is 2.26. The first-order valence-corrected chi connectivity index (χ1v) is 7.60. The zero-order chi connectivity index (χ0) is 15.2. The maximum Gasteiger partial charge on any atom is 0.253 e. The predicted molar refractivity (Wildman–Crippen MR) is 83.5 cm³/mol. The van der Waals surface area contributed by atoms with Crippen LogP contribution < -0.4 is 5.32 Å². The Morgan fingerprint density at radius 2 is 2.05 bits per heavy atom. The molecule has 0 spiro atoms. The molecule has 0 radical (unpaired) electrons. The number of halogens is 1. The van der Waals surface area contributed by atoms with Crippen molar-refractivity contribution in [3.8, 4) is 0 Å². The topological polar surface area (TPSA) is 58.6 Å². The van der Waals surface area contributed by atoms with Crippen molar-refractivity contribution in [1.82, 2.24) is 5.32 Å². The third-order valence-corrected chi connectivity index (χ3v) is 4.30. The van der Waals surface area contributed by atoms with Gasteiger partial charge < -0.3 is 15.2 Å². The molecule has 1 amide bonds. The summed E-state index contributed by atoms with van der Waals surface area (Å²) in [5, 5.41) is 12.7. The molecule has 21 heavy (non-hydrogen) atoms. The zero-order valence-corrected chi connectivity index (χ0v) is 13.0. The van der Waals surface area contributed by atoms with Crippen LogP contribution in [0.4, 0.5) is 0 Å². The molecule has 112 valence electrons. The molecule has 2 aromatic rings. The van der Waals surface area contributed by atoms with Gasteiger partial charge in [-0.1, -0.05) is 41.9 Å². The van der Waals surface area contributed by atoms with E-state index in [1.807, 2.05) is 30.3 Å². The molecule has 0 aliphatic rings. The van der Waals surface area contributed by atoms with Crippen LogP contribution >= 0.6 is 22.9 Å². The molecule has 2 N–H and O–H groups in total. The van der Waals surface area contributed by atoms with Crippen molar-refractivity contribution in [2.45, 2.75) is 12.2 Å². The van der Waals surface area contributed by atoms with E-state index in [1.165, 1.54) is 18.4 Å². The van der Waals surface area contributed by atoms with Crippen LogP contribution in [0.1, 0.15) is 22.6 Å². The Labute approximate surface area is 132 Å². The average Bonchev–Trinajstić information content (AvgIpc) is 2.93. The highest BCUT2D eigenvalue weighted by molar-refractivity contribution is 7.16. The number of hydrogen-bond acceptors (Lipinski definition) is 4. The van der Waals surface area contributed by atoms with Crippen molar-refractivity contribution < 1.29 is 14.6 Å². The van der Waals surface area contributed by atoms with Crippen molar-refractivity contribution in [2.75, 3.05) is 13.7 Å². The lowest BCUT2D eigenvalue weighted by atomic mass is 10.1. The van der Waals surface area contributed by atoms with Crippen molar-refractivity contribution >= 4 is 28.8 Å². The number of aliphatic hydroxyl groups excluding tert-OH is 1. The predicted octanol–water partition coefficient (Wildman–Crippen LogP) is 2.94. The lowest BCUT2D eigenvalue weighted by Crippen LogP contribution is -2.33. The summed E-state index contributed by atoms with van der Waals surface area (Å²) in [6.45, 7) is 0.113. The fourth-order valence-corrected chi connectivity index (χ4v) is 2.97. The molecule has 1 aromatic carbocycles. The molecule has 0 bridgehead atoms. The summed E-state index contributed by atoms with van der Waals surface area (Å²) in [5.74, 6) is -0.287. The van der Waals surface area contributed by atoms with Gasteiger partial charge in [-0.25, -0.2) is 0 Å². The Kier molecular flexibility index (Phi) is 5.76. The largest absolute Gasteiger partial charge is 0.386 e. The number of benzene rings is 1. The van der Waals surface area contributed by atoms with E-state index in [2.05, 4.69) is 5.32 Å². The van der Waals surface area contributed by atoms with Crippen LogP contribution in [-0.4, -0.2) is 24.7 Å².